The Kier molecular flexibility index (Phi) is 12.1. The molecular formula is C33H44N8O14P2. The molecule has 2 aliphatic rings. The number of benzene rings is 1. The number of hydrogen-bond acceptors (Lipinski definition) is 16. The summed E-state index contributed by atoms with van der Waals surface area (Å²) < 4.78 is 49.7. The summed E-state index contributed by atoms with van der Waals surface area (Å²) in [6.45, 7) is 7.86. The van der Waals surface area contributed by atoms with E-state index in [0.29, 0.717) is 18.5 Å². The van der Waals surface area contributed by atoms with Gasteiger partial charge in [0.05, 0.1) is 12.9 Å². The van der Waals surface area contributed by atoms with Crippen molar-refractivity contribution in [1.29, 1.82) is 0 Å². The Bertz CT molecular complexity index is 2310. The van der Waals surface area contributed by atoms with Crippen molar-refractivity contribution in [3.8, 4) is 0 Å². The first-order valence-electron chi connectivity index (χ1n) is 17.8. The first kappa shape index (κ1) is 42.1. The Hall–Kier alpha value is -4.50. The Morgan fingerprint density at radius 1 is 1.11 bits per heavy atom. The van der Waals surface area contributed by atoms with Crippen LogP contribution >= 0.6 is 15.6 Å². The van der Waals surface area contributed by atoms with Crippen LogP contribution in [0.4, 0.5) is 16.3 Å². The minimum absolute atomic E-state index is 0.0162. The first-order chi connectivity index (χ1) is 26.7. The molecule has 1 aromatic carbocycles. The number of aliphatic hydroxyl groups is 1. The van der Waals surface area contributed by atoms with Crippen molar-refractivity contribution in [3.63, 3.8) is 0 Å². The van der Waals surface area contributed by atoms with Crippen LogP contribution in [0, 0.1) is 6.92 Å². The van der Waals surface area contributed by atoms with Crippen LogP contribution in [-0.4, -0.2) is 101 Å². The van der Waals surface area contributed by atoms with Crippen molar-refractivity contribution in [2.45, 2.75) is 83.0 Å². The summed E-state index contributed by atoms with van der Waals surface area (Å²) in [5.74, 6) is 0.0148. The molecule has 0 bridgehead atoms. The number of nitrogen functional groups attached to an aromatic ring is 1. The second-order valence-electron chi connectivity index (χ2n) is 14.5. The normalized spacial score (nSPS) is 22.9. The topological polar surface area (TPSA) is 313 Å². The number of phosphoric ester groups is 1. The van der Waals surface area contributed by atoms with Gasteiger partial charge < -0.3 is 54.9 Å². The van der Waals surface area contributed by atoms with Gasteiger partial charge in [-0.25, -0.2) is 33.7 Å². The maximum Gasteiger partial charge on any atom is 0.481 e. The zero-order chi connectivity index (χ0) is 41.4. The van der Waals surface area contributed by atoms with Gasteiger partial charge in [0, 0.05) is 54.8 Å². The number of phosphoric acid groups is 2. The summed E-state index contributed by atoms with van der Waals surface area (Å²) >= 11 is 0. The lowest BCUT2D eigenvalue weighted by molar-refractivity contribution is -0.121. The summed E-state index contributed by atoms with van der Waals surface area (Å²) in [5.41, 5.74) is 8.93. The van der Waals surface area contributed by atoms with Crippen molar-refractivity contribution < 1.29 is 61.2 Å². The van der Waals surface area contributed by atoms with Crippen LogP contribution in [0.25, 0.3) is 22.1 Å². The molecule has 2 unspecified atom stereocenters. The molecule has 310 valence electrons. The average molecular weight is 839 g/mol. The molecule has 8 N–H and O–H groups in total. The van der Waals surface area contributed by atoms with E-state index in [1.165, 1.54) is 17.0 Å². The molecule has 4 aromatic rings. The van der Waals surface area contributed by atoms with Gasteiger partial charge in [-0.1, -0.05) is 6.92 Å². The third-order valence-electron chi connectivity index (χ3n) is 9.78. The number of fused-ring (bicyclic) bond motifs is 3. The second-order valence-corrected chi connectivity index (χ2v) is 17.3. The molecule has 1 fully saturated rings. The summed E-state index contributed by atoms with van der Waals surface area (Å²) in [5, 5.41) is 17.3. The average Bonchev–Trinajstić information content (AvgIpc) is 3.66. The standard InChI is InChI=1S/C33H44N8O14P2/c1-17-10-25(43)52-22-12-21-19(11-20(17)22)18(2)13-33(3,4)41(21)9-5-6-24(42)35-7-8-36-32(45)54-28-23(14-51-57(49,50)55-56(46,47)48)53-31(27(28)44)40-16-39-26-29(34)37-15-38-30(26)40/h10-12,15-16,18,23,27-28,31,44H,5-9,13-14H2,1-4H3,(H,35,42)(H,36,45)(H,49,50)(H2,34,37,38)(H2,46,47,48)/t18?,23-,27-,28-,31-/m1/s1. The van der Waals surface area contributed by atoms with Crippen LogP contribution in [0.2, 0.25) is 0 Å². The number of aromatic nitrogens is 4. The predicted molar refractivity (Wildman–Crippen MR) is 201 cm³/mol. The predicted octanol–water partition coefficient (Wildman–Crippen LogP) is 2.09. The molecule has 0 radical (unpaired) electrons. The maximum atomic E-state index is 12.9. The molecule has 6 atom stereocenters. The first-order valence-corrected chi connectivity index (χ1v) is 20.8. The van der Waals surface area contributed by atoms with Crippen LogP contribution < -0.4 is 26.9 Å². The fourth-order valence-corrected chi connectivity index (χ4v) is 8.95. The zero-order valence-electron chi connectivity index (χ0n) is 31.3. The van der Waals surface area contributed by atoms with E-state index in [2.05, 4.69) is 66.2 Å². The second kappa shape index (κ2) is 16.4. The molecule has 1 saturated heterocycles. The number of nitrogens with zero attached hydrogens (tertiary/aromatic N) is 5. The van der Waals surface area contributed by atoms with Gasteiger partial charge >= 0.3 is 27.4 Å². The van der Waals surface area contributed by atoms with Crippen LogP contribution in [0.5, 0.6) is 0 Å². The van der Waals surface area contributed by atoms with Crippen molar-refractivity contribution in [2.75, 3.05) is 36.9 Å². The zero-order valence-corrected chi connectivity index (χ0v) is 33.1. The molecule has 3 aromatic heterocycles. The van der Waals surface area contributed by atoms with Gasteiger partial charge in [0.1, 0.15) is 29.6 Å². The number of imidazole rings is 1. The molecule has 0 spiro atoms. The number of ether oxygens (including phenoxy) is 2. The Labute approximate surface area is 324 Å². The van der Waals surface area contributed by atoms with Crippen LogP contribution in [0.15, 0.2) is 40.1 Å². The molecule has 0 aliphatic carbocycles. The van der Waals surface area contributed by atoms with E-state index in [9.17, 15) is 33.5 Å². The fourth-order valence-electron chi connectivity index (χ4n) is 7.35. The lowest BCUT2D eigenvalue weighted by Crippen LogP contribution is -2.49. The SMILES string of the molecule is Cc1cc(=O)oc2cc3c(cc12)C(C)CC(C)(C)N3CCCC(=O)NCCNC(=O)O[C@H]1[C@@H](O)[C@H](n2cnc3c(N)ncnc32)O[C@@H]1COP(=O)(O)OP(=O)(O)O. The van der Waals surface area contributed by atoms with Gasteiger partial charge in [-0.2, -0.15) is 4.31 Å². The van der Waals surface area contributed by atoms with E-state index >= 15 is 0 Å². The fraction of sp³-hybridized carbons (Fsp3) is 0.515. The number of alkyl carbamates (subject to hydrolysis) is 1. The highest BCUT2D eigenvalue weighted by Crippen LogP contribution is 2.58. The Morgan fingerprint density at radius 3 is 2.58 bits per heavy atom. The highest BCUT2D eigenvalue weighted by atomic mass is 31.3. The number of anilines is 2. The number of hydrogen-bond donors (Lipinski definition) is 7. The molecule has 5 heterocycles. The smallest absolute Gasteiger partial charge is 0.440 e. The quantitative estimate of drug-likeness (QED) is 0.0543. The number of aryl methyl sites for hydroxylation is 1. The van der Waals surface area contributed by atoms with E-state index < -0.39 is 58.5 Å². The van der Waals surface area contributed by atoms with E-state index in [1.54, 1.807) is 0 Å². The number of amides is 2. The summed E-state index contributed by atoms with van der Waals surface area (Å²) in [6, 6.07) is 5.47. The monoisotopic (exact) mass is 838 g/mol. The minimum atomic E-state index is -5.45. The minimum Gasteiger partial charge on any atom is -0.440 e. The molecule has 0 saturated carbocycles. The third-order valence-corrected chi connectivity index (χ3v) is 11.9. The molecule has 2 aliphatic heterocycles. The molecule has 6 rings (SSSR count). The lowest BCUT2D eigenvalue weighted by atomic mass is 9.79. The Morgan fingerprint density at radius 2 is 1.84 bits per heavy atom. The van der Waals surface area contributed by atoms with E-state index in [0.717, 1.165) is 34.9 Å². The highest BCUT2D eigenvalue weighted by molar-refractivity contribution is 7.60. The van der Waals surface area contributed by atoms with Crippen LogP contribution in [0.3, 0.4) is 0 Å². The lowest BCUT2D eigenvalue weighted by Gasteiger charge is -2.47. The van der Waals surface area contributed by atoms with Crippen LogP contribution in [0.1, 0.15) is 63.3 Å². The molecular weight excluding hydrogens is 794 g/mol. The number of rotatable bonds is 14. The van der Waals surface area contributed by atoms with Crippen molar-refractivity contribution >= 4 is 61.3 Å². The largest absolute Gasteiger partial charge is 0.481 e. The van der Waals surface area contributed by atoms with Crippen LogP contribution in [-0.2, 0) is 32.2 Å². The number of aliphatic hydroxyl groups excluding tert-OH is 1. The van der Waals surface area contributed by atoms with Crippen molar-refractivity contribution in [2.24, 2.45) is 0 Å². The van der Waals surface area contributed by atoms with Crippen molar-refractivity contribution in [3.05, 3.63) is 52.4 Å². The molecule has 24 heteroatoms. The maximum absolute atomic E-state index is 12.9. The van der Waals surface area contributed by atoms with Gasteiger partial charge in [-0.05, 0) is 56.7 Å². The highest BCUT2D eigenvalue weighted by Gasteiger charge is 2.49. The number of nitrogens with one attached hydrogen (secondary N) is 2. The van der Waals surface area contributed by atoms with Gasteiger partial charge in [-0.3, -0.25) is 13.9 Å². The summed E-state index contributed by atoms with van der Waals surface area (Å²) in [7, 11) is -10.8. The number of carbonyl (C=O) groups excluding carboxylic acids is 2. The number of nitrogens with two attached hydrogens (primary N) is 1. The summed E-state index contributed by atoms with van der Waals surface area (Å²) in [4.78, 5) is 79.7. The van der Waals surface area contributed by atoms with E-state index in [-0.39, 0.29) is 53.9 Å². The van der Waals surface area contributed by atoms with Gasteiger partial charge in [0.15, 0.2) is 23.8 Å². The van der Waals surface area contributed by atoms with Gasteiger partial charge in [0.25, 0.3) is 0 Å². The third kappa shape index (κ3) is 9.63. The van der Waals surface area contributed by atoms with E-state index in [1.807, 2.05) is 13.0 Å². The molecule has 57 heavy (non-hydrogen) atoms. The van der Waals surface area contributed by atoms with E-state index in [4.69, 9.17) is 29.4 Å². The number of carbonyl (C=O) groups is 2. The van der Waals surface area contributed by atoms with Gasteiger partial charge in [-0.15, -0.1) is 0 Å². The molecule has 22 nitrogen and oxygen atoms in total. The Balaban J connectivity index is 1.03. The van der Waals surface area contributed by atoms with Gasteiger partial charge in [0.2, 0.25) is 5.91 Å². The molecule has 2 amide bonds. The van der Waals surface area contributed by atoms with Crippen molar-refractivity contribution in [1.82, 2.24) is 30.2 Å². The summed E-state index contributed by atoms with van der Waals surface area (Å²) in [6.07, 6.45) is -3.26.